The van der Waals surface area contributed by atoms with Crippen LogP contribution in [0.5, 0.6) is 0 Å². The first-order valence-corrected chi connectivity index (χ1v) is 5.81. The highest BCUT2D eigenvalue weighted by Gasteiger charge is 2.12. The van der Waals surface area contributed by atoms with Crippen LogP contribution in [0.25, 0.3) is 0 Å². The molecule has 1 aromatic rings. The fraction of sp³-hybridized carbons (Fsp3) is 0.636. The van der Waals surface area contributed by atoms with Crippen molar-refractivity contribution in [2.45, 2.75) is 38.8 Å². The maximum atomic E-state index is 9.73. The molecule has 0 aliphatic rings. The quantitative estimate of drug-likeness (QED) is 0.802. The topological polar surface area (TPSA) is 32.3 Å². The van der Waals surface area contributed by atoms with Gasteiger partial charge < -0.3 is 10.4 Å². The summed E-state index contributed by atoms with van der Waals surface area (Å²) >= 11 is 1.70. The molecular formula is C11H19NOS. The van der Waals surface area contributed by atoms with Crippen LogP contribution in [0.3, 0.4) is 0 Å². The van der Waals surface area contributed by atoms with E-state index in [-0.39, 0.29) is 11.6 Å². The van der Waals surface area contributed by atoms with Gasteiger partial charge in [0.2, 0.25) is 0 Å². The third-order valence-corrected chi connectivity index (χ3v) is 2.78. The molecule has 1 heterocycles. The number of aliphatic hydroxyl groups excluding tert-OH is 1. The summed E-state index contributed by atoms with van der Waals surface area (Å²) in [5.74, 6) is 0. The molecule has 3 heteroatoms. The second-order valence-electron chi connectivity index (χ2n) is 4.57. The normalized spacial score (nSPS) is 14.3. The van der Waals surface area contributed by atoms with E-state index in [4.69, 9.17) is 0 Å². The van der Waals surface area contributed by atoms with Crippen molar-refractivity contribution in [3.05, 3.63) is 22.4 Å². The number of hydrogen-bond acceptors (Lipinski definition) is 3. The average molecular weight is 213 g/mol. The molecule has 2 N–H and O–H groups in total. The molecule has 14 heavy (non-hydrogen) atoms. The predicted octanol–water partition coefficient (Wildman–Crippen LogP) is 2.04. The largest absolute Gasteiger partial charge is 0.391 e. The minimum absolute atomic E-state index is 0.0798. The lowest BCUT2D eigenvalue weighted by molar-refractivity contribution is 0.162. The van der Waals surface area contributed by atoms with Crippen molar-refractivity contribution in [1.29, 1.82) is 0 Å². The summed E-state index contributed by atoms with van der Waals surface area (Å²) in [6.07, 6.45) is 0.466. The van der Waals surface area contributed by atoms with E-state index in [0.717, 1.165) is 6.42 Å². The fourth-order valence-corrected chi connectivity index (χ4v) is 1.93. The molecule has 0 saturated carbocycles. The van der Waals surface area contributed by atoms with E-state index in [0.29, 0.717) is 6.54 Å². The fourth-order valence-electron chi connectivity index (χ4n) is 1.16. The van der Waals surface area contributed by atoms with Gasteiger partial charge in [-0.05, 0) is 32.2 Å². The first-order valence-electron chi connectivity index (χ1n) is 4.93. The van der Waals surface area contributed by atoms with E-state index < -0.39 is 0 Å². The average Bonchev–Trinajstić information content (AvgIpc) is 2.52. The minimum atomic E-state index is -0.284. The summed E-state index contributed by atoms with van der Waals surface area (Å²) in [5.41, 5.74) is 0.0798. The van der Waals surface area contributed by atoms with E-state index in [9.17, 15) is 5.11 Å². The number of rotatable bonds is 4. The second kappa shape index (κ2) is 4.91. The first-order chi connectivity index (χ1) is 6.47. The molecule has 0 aliphatic heterocycles. The van der Waals surface area contributed by atoms with Crippen LogP contribution >= 0.6 is 11.3 Å². The highest BCUT2D eigenvalue weighted by Crippen LogP contribution is 2.11. The maximum absolute atomic E-state index is 9.73. The zero-order valence-corrected chi connectivity index (χ0v) is 9.90. The SMILES string of the molecule is CC(C)(C)NCC(O)Cc1cccs1. The molecule has 0 fully saturated rings. The lowest BCUT2D eigenvalue weighted by Crippen LogP contribution is -2.41. The summed E-state index contributed by atoms with van der Waals surface area (Å²) in [6, 6.07) is 4.08. The van der Waals surface area contributed by atoms with Gasteiger partial charge in [-0.15, -0.1) is 11.3 Å². The van der Waals surface area contributed by atoms with Gasteiger partial charge in [-0.1, -0.05) is 6.07 Å². The molecule has 80 valence electrons. The second-order valence-corrected chi connectivity index (χ2v) is 5.60. The molecule has 0 saturated heterocycles. The Kier molecular flexibility index (Phi) is 4.11. The van der Waals surface area contributed by atoms with Crippen molar-refractivity contribution in [2.75, 3.05) is 6.54 Å². The lowest BCUT2D eigenvalue weighted by Gasteiger charge is -2.22. The zero-order valence-electron chi connectivity index (χ0n) is 9.08. The third-order valence-electron chi connectivity index (χ3n) is 1.88. The van der Waals surface area contributed by atoms with Crippen LogP contribution in [0.2, 0.25) is 0 Å². The van der Waals surface area contributed by atoms with Gasteiger partial charge >= 0.3 is 0 Å². The van der Waals surface area contributed by atoms with Gasteiger partial charge in [-0.3, -0.25) is 0 Å². The Morgan fingerprint density at radius 3 is 2.71 bits per heavy atom. The monoisotopic (exact) mass is 213 g/mol. The summed E-state index contributed by atoms with van der Waals surface area (Å²) in [7, 11) is 0. The Labute approximate surface area is 90.0 Å². The Balaban J connectivity index is 2.26. The van der Waals surface area contributed by atoms with Crippen LogP contribution < -0.4 is 5.32 Å². The van der Waals surface area contributed by atoms with Crippen molar-refractivity contribution < 1.29 is 5.11 Å². The Bertz CT molecular complexity index is 251. The van der Waals surface area contributed by atoms with E-state index >= 15 is 0 Å². The molecule has 0 aliphatic carbocycles. The number of thiophene rings is 1. The number of β-amino-alcohol motifs (C(OH)–C–C–N with tert-alkyl or cyclic N) is 1. The van der Waals surface area contributed by atoms with Gasteiger partial charge in [-0.2, -0.15) is 0 Å². The first kappa shape index (κ1) is 11.7. The van der Waals surface area contributed by atoms with Crippen molar-refractivity contribution in [3.8, 4) is 0 Å². The molecule has 1 aromatic heterocycles. The highest BCUT2D eigenvalue weighted by molar-refractivity contribution is 7.09. The van der Waals surface area contributed by atoms with E-state index in [1.807, 2.05) is 11.4 Å². The van der Waals surface area contributed by atoms with Gasteiger partial charge in [0, 0.05) is 23.4 Å². The Hall–Kier alpha value is -0.380. The molecule has 1 atom stereocenters. The molecular weight excluding hydrogens is 194 g/mol. The summed E-state index contributed by atoms with van der Waals surface area (Å²) in [6.45, 7) is 6.96. The number of hydrogen-bond donors (Lipinski definition) is 2. The highest BCUT2D eigenvalue weighted by atomic mass is 32.1. The van der Waals surface area contributed by atoms with Crippen molar-refractivity contribution in [3.63, 3.8) is 0 Å². The molecule has 0 amide bonds. The van der Waals surface area contributed by atoms with Gasteiger partial charge in [0.15, 0.2) is 0 Å². The van der Waals surface area contributed by atoms with Crippen LogP contribution in [0.15, 0.2) is 17.5 Å². The van der Waals surface area contributed by atoms with Crippen LogP contribution in [0, 0.1) is 0 Å². The van der Waals surface area contributed by atoms with Gasteiger partial charge in [-0.25, -0.2) is 0 Å². The van der Waals surface area contributed by atoms with Crippen molar-refractivity contribution in [1.82, 2.24) is 5.32 Å². The smallest absolute Gasteiger partial charge is 0.0712 e. The Morgan fingerprint density at radius 1 is 1.50 bits per heavy atom. The van der Waals surface area contributed by atoms with Crippen LogP contribution in [-0.4, -0.2) is 23.3 Å². The number of aliphatic hydroxyl groups is 1. The predicted molar refractivity (Wildman–Crippen MR) is 61.8 cm³/mol. The van der Waals surface area contributed by atoms with Crippen molar-refractivity contribution >= 4 is 11.3 Å². The summed E-state index contributed by atoms with van der Waals surface area (Å²) < 4.78 is 0. The van der Waals surface area contributed by atoms with E-state index in [2.05, 4.69) is 32.2 Å². The van der Waals surface area contributed by atoms with Gasteiger partial charge in [0.25, 0.3) is 0 Å². The molecule has 0 radical (unpaired) electrons. The standard InChI is InChI=1S/C11H19NOS/c1-11(2,3)12-8-9(13)7-10-5-4-6-14-10/h4-6,9,12-13H,7-8H2,1-3H3. The molecule has 1 rings (SSSR count). The van der Waals surface area contributed by atoms with Gasteiger partial charge in [0.1, 0.15) is 0 Å². The zero-order chi connectivity index (χ0) is 10.6. The lowest BCUT2D eigenvalue weighted by atomic mass is 10.1. The molecule has 0 spiro atoms. The molecule has 0 aromatic carbocycles. The minimum Gasteiger partial charge on any atom is -0.391 e. The van der Waals surface area contributed by atoms with Crippen molar-refractivity contribution in [2.24, 2.45) is 0 Å². The van der Waals surface area contributed by atoms with Gasteiger partial charge in [0.05, 0.1) is 6.10 Å². The summed E-state index contributed by atoms with van der Waals surface area (Å²) in [4.78, 5) is 1.24. The third kappa shape index (κ3) is 4.74. The van der Waals surface area contributed by atoms with E-state index in [1.54, 1.807) is 11.3 Å². The molecule has 2 nitrogen and oxygen atoms in total. The summed E-state index contributed by atoms with van der Waals surface area (Å²) in [5, 5.41) is 15.1. The van der Waals surface area contributed by atoms with Crippen LogP contribution in [0.1, 0.15) is 25.6 Å². The van der Waals surface area contributed by atoms with Crippen LogP contribution in [-0.2, 0) is 6.42 Å². The van der Waals surface area contributed by atoms with E-state index in [1.165, 1.54) is 4.88 Å². The van der Waals surface area contributed by atoms with Crippen LogP contribution in [0.4, 0.5) is 0 Å². The number of nitrogens with one attached hydrogen (secondary N) is 1. The molecule has 1 unspecified atom stereocenters. The molecule has 0 bridgehead atoms. The Morgan fingerprint density at radius 2 is 2.21 bits per heavy atom. The maximum Gasteiger partial charge on any atom is 0.0712 e.